The molecule has 0 radical (unpaired) electrons. The second kappa shape index (κ2) is 4.29. The Kier molecular flexibility index (Phi) is 3.21. The summed E-state index contributed by atoms with van der Waals surface area (Å²) in [6.45, 7) is 0. The van der Waals surface area contributed by atoms with Crippen LogP contribution in [0.15, 0.2) is 17.0 Å². The van der Waals surface area contributed by atoms with Gasteiger partial charge in [-0.05, 0) is 25.0 Å². The van der Waals surface area contributed by atoms with E-state index in [1.54, 1.807) is 0 Å². The van der Waals surface area contributed by atoms with Crippen molar-refractivity contribution in [1.29, 1.82) is 0 Å². The minimum atomic E-state index is -4.88. The van der Waals surface area contributed by atoms with Crippen molar-refractivity contribution in [3.05, 3.63) is 23.8 Å². The lowest BCUT2D eigenvalue weighted by molar-refractivity contribution is -0.160. The van der Waals surface area contributed by atoms with E-state index in [-0.39, 0.29) is 0 Å². The van der Waals surface area contributed by atoms with Crippen LogP contribution in [0.4, 0.5) is 27.6 Å². The van der Waals surface area contributed by atoms with Gasteiger partial charge in [0.25, 0.3) is 0 Å². The third-order valence-corrected chi connectivity index (χ3v) is 4.46. The van der Waals surface area contributed by atoms with E-state index in [4.69, 9.17) is 5.73 Å². The standard InChI is InChI=1S/C10H9F5N2O2S/c11-6-3-5(16)4-7(8(6)12)20(18,19)17-9(1-2-9)10(13,14)15/h3-4,17H,1-2,16H2. The van der Waals surface area contributed by atoms with Gasteiger partial charge in [-0.2, -0.15) is 17.9 Å². The number of nitrogens with two attached hydrogens (primary N) is 1. The molecule has 1 aliphatic carbocycles. The van der Waals surface area contributed by atoms with Crippen LogP contribution in [0.25, 0.3) is 0 Å². The second-order valence-electron chi connectivity index (χ2n) is 4.50. The minimum Gasteiger partial charge on any atom is -0.399 e. The van der Waals surface area contributed by atoms with E-state index in [2.05, 4.69) is 0 Å². The second-order valence-corrected chi connectivity index (χ2v) is 6.15. The van der Waals surface area contributed by atoms with Crippen molar-refractivity contribution in [2.24, 2.45) is 0 Å². The van der Waals surface area contributed by atoms with Gasteiger partial charge < -0.3 is 5.73 Å². The molecule has 1 aromatic rings. The molecule has 4 nitrogen and oxygen atoms in total. The van der Waals surface area contributed by atoms with Crippen molar-refractivity contribution < 1.29 is 30.4 Å². The average Bonchev–Trinajstić information content (AvgIpc) is 3.02. The summed E-state index contributed by atoms with van der Waals surface area (Å²) >= 11 is 0. The quantitative estimate of drug-likeness (QED) is 0.661. The highest BCUT2D eigenvalue weighted by atomic mass is 32.2. The molecule has 0 spiro atoms. The summed E-state index contributed by atoms with van der Waals surface area (Å²) in [6.07, 6.45) is -5.72. The van der Waals surface area contributed by atoms with Crippen LogP contribution in [0.3, 0.4) is 0 Å². The van der Waals surface area contributed by atoms with E-state index in [1.807, 2.05) is 0 Å². The van der Waals surface area contributed by atoms with E-state index in [1.165, 1.54) is 4.72 Å². The number of anilines is 1. The number of rotatable bonds is 3. The molecule has 0 saturated heterocycles. The lowest BCUT2D eigenvalue weighted by Crippen LogP contribution is -2.47. The van der Waals surface area contributed by atoms with Crippen LogP contribution >= 0.6 is 0 Å². The molecule has 0 aromatic heterocycles. The zero-order chi connectivity index (χ0) is 15.3. The summed E-state index contributed by atoms with van der Waals surface area (Å²) in [4.78, 5) is -1.24. The Morgan fingerprint density at radius 3 is 2.20 bits per heavy atom. The monoisotopic (exact) mass is 316 g/mol. The average molecular weight is 316 g/mol. The highest BCUT2D eigenvalue weighted by molar-refractivity contribution is 7.89. The highest BCUT2D eigenvalue weighted by Gasteiger charge is 2.65. The first-order chi connectivity index (χ1) is 8.98. The SMILES string of the molecule is Nc1cc(F)c(F)c(S(=O)(=O)NC2(C(F)(F)F)CC2)c1. The fourth-order valence-electron chi connectivity index (χ4n) is 1.66. The molecule has 112 valence electrons. The molecule has 0 bridgehead atoms. The molecule has 0 atom stereocenters. The van der Waals surface area contributed by atoms with Gasteiger partial charge in [-0.25, -0.2) is 17.2 Å². The van der Waals surface area contributed by atoms with Crippen LogP contribution in [-0.4, -0.2) is 20.1 Å². The highest BCUT2D eigenvalue weighted by Crippen LogP contribution is 2.49. The zero-order valence-electron chi connectivity index (χ0n) is 9.76. The fraction of sp³-hybridized carbons (Fsp3) is 0.400. The molecule has 0 aliphatic heterocycles. The third kappa shape index (κ3) is 2.44. The van der Waals surface area contributed by atoms with Crippen LogP contribution in [0, 0.1) is 11.6 Å². The van der Waals surface area contributed by atoms with Crippen LogP contribution in [0.1, 0.15) is 12.8 Å². The maximum absolute atomic E-state index is 13.4. The lowest BCUT2D eigenvalue weighted by Gasteiger charge is -2.20. The molecule has 1 saturated carbocycles. The Balaban J connectivity index is 2.43. The van der Waals surface area contributed by atoms with Gasteiger partial charge >= 0.3 is 6.18 Å². The van der Waals surface area contributed by atoms with Crippen molar-refractivity contribution in [2.75, 3.05) is 5.73 Å². The molecule has 0 heterocycles. The third-order valence-electron chi connectivity index (χ3n) is 2.93. The zero-order valence-corrected chi connectivity index (χ0v) is 10.6. The number of halogens is 5. The van der Waals surface area contributed by atoms with Crippen LogP contribution in [-0.2, 0) is 10.0 Å². The number of nitrogen functional groups attached to an aromatic ring is 1. The Morgan fingerprint density at radius 1 is 1.20 bits per heavy atom. The minimum absolute atomic E-state index is 0.416. The van der Waals surface area contributed by atoms with Crippen LogP contribution in [0.2, 0.25) is 0 Å². The number of benzene rings is 1. The van der Waals surface area contributed by atoms with E-state index in [0.29, 0.717) is 12.1 Å². The predicted molar refractivity (Wildman–Crippen MR) is 59.1 cm³/mol. The summed E-state index contributed by atoms with van der Waals surface area (Å²) in [7, 11) is -4.88. The molecule has 1 fully saturated rings. The Bertz CT molecular complexity index is 652. The van der Waals surface area contributed by atoms with Gasteiger partial charge in [-0.15, -0.1) is 0 Å². The molecule has 0 amide bonds. The molecular formula is C10H9F5N2O2S. The van der Waals surface area contributed by atoms with E-state index < -0.39 is 56.8 Å². The summed E-state index contributed by atoms with van der Waals surface area (Å²) in [5, 5.41) is 0. The van der Waals surface area contributed by atoms with Gasteiger partial charge in [-0.1, -0.05) is 0 Å². The van der Waals surface area contributed by atoms with Crippen molar-refractivity contribution in [2.45, 2.75) is 29.5 Å². The van der Waals surface area contributed by atoms with Crippen molar-refractivity contribution in [3.8, 4) is 0 Å². The summed E-state index contributed by atoms with van der Waals surface area (Å²) in [5.41, 5.74) is 2.14. The van der Waals surface area contributed by atoms with Gasteiger partial charge in [0, 0.05) is 5.69 Å². The maximum Gasteiger partial charge on any atom is 0.407 e. The van der Waals surface area contributed by atoms with Crippen molar-refractivity contribution in [1.82, 2.24) is 4.72 Å². The first-order valence-corrected chi connectivity index (χ1v) is 6.82. The molecule has 2 rings (SSSR count). The molecule has 1 aliphatic rings. The number of nitrogens with one attached hydrogen (secondary N) is 1. The maximum atomic E-state index is 13.4. The van der Waals surface area contributed by atoms with Gasteiger partial charge in [-0.3, -0.25) is 0 Å². The van der Waals surface area contributed by atoms with Crippen molar-refractivity contribution >= 4 is 15.7 Å². The largest absolute Gasteiger partial charge is 0.407 e. The van der Waals surface area contributed by atoms with E-state index >= 15 is 0 Å². The fourth-order valence-corrected chi connectivity index (χ4v) is 3.23. The normalized spacial score (nSPS) is 18.1. The van der Waals surface area contributed by atoms with Crippen LogP contribution in [0.5, 0.6) is 0 Å². The Labute approximate surface area is 110 Å². The first-order valence-electron chi connectivity index (χ1n) is 5.34. The van der Waals surface area contributed by atoms with Crippen molar-refractivity contribution in [3.63, 3.8) is 0 Å². The van der Waals surface area contributed by atoms with E-state index in [0.717, 1.165) is 0 Å². The molecule has 1 aromatic carbocycles. The summed E-state index contributed by atoms with van der Waals surface area (Å²) in [5.74, 6) is -3.33. The predicted octanol–water partition coefficient (Wildman–Crippen LogP) is 1.92. The number of hydrogen-bond donors (Lipinski definition) is 2. The number of hydrogen-bond acceptors (Lipinski definition) is 3. The van der Waals surface area contributed by atoms with E-state index in [9.17, 15) is 30.4 Å². The summed E-state index contributed by atoms with van der Waals surface area (Å²) < 4.78 is 89.5. The molecule has 3 N–H and O–H groups in total. The van der Waals surface area contributed by atoms with Gasteiger partial charge in [0.15, 0.2) is 11.6 Å². The molecule has 10 heteroatoms. The topological polar surface area (TPSA) is 72.2 Å². The smallest absolute Gasteiger partial charge is 0.399 e. The number of alkyl halides is 3. The van der Waals surface area contributed by atoms with Gasteiger partial charge in [0.05, 0.1) is 0 Å². The molecule has 0 unspecified atom stereocenters. The van der Waals surface area contributed by atoms with Crippen LogP contribution < -0.4 is 10.5 Å². The molecule has 20 heavy (non-hydrogen) atoms. The molecular weight excluding hydrogens is 307 g/mol. The Hall–Kier alpha value is -1.42. The first kappa shape index (κ1) is 15.0. The lowest BCUT2D eigenvalue weighted by atomic mass is 10.3. The summed E-state index contributed by atoms with van der Waals surface area (Å²) in [6, 6.07) is 1.10. The van der Waals surface area contributed by atoms with Gasteiger partial charge in [0.2, 0.25) is 10.0 Å². The van der Waals surface area contributed by atoms with Gasteiger partial charge in [0.1, 0.15) is 10.4 Å². The Morgan fingerprint density at radius 2 is 1.75 bits per heavy atom. The number of sulfonamides is 1.